The van der Waals surface area contributed by atoms with E-state index in [9.17, 15) is 13.2 Å². The lowest BCUT2D eigenvalue weighted by Gasteiger charge is -2.12. The summed E-state index contributed by atoms with van der Waals surface area (Å²) in [4.78, 5) is 11.8. The predicted molar refractivity (Wildman–Crippen MR) is 119 cm³/mol. The molecule has 0 saturated heterocycles. The molecule has 3 rings (SSSR count). The molecule has 1 amide bonds. The van der Waals surface area contributed by atoms with Gasteiger partial charge in [-0.25, -0.2) is 8.42 Å². The molecule has 3 aromatic rings. The Labute approximate surface area is 188 Å². The Morgan fingerprint density at radius 3 is 2.00 bits per heavy atom. The summed E-state index contributed by atoms with van der Waals surface area (Å²) < 4.78 is 32.9. The molecular formula is C20H15Cl3N2O4S. The zero-order valence-corrected chi connectivity index (χ0v) is 18.3. The number of hydrogen-bond donors (Lipinski definition) is 2. The molecule has 0 spiro atoms. The molecule has 0 fully saturated rings. The van der Waals surface area contributed by atoms with E-state index in [2.05, 4.69) is 10.0 Å². The predicted octanol–water partition coefficient (Wildman–Crippen LogP) is 5.47. The first-order valence-corrected chi connectivity index (χ1v) is 11.1. The fourth-order valence-corrected chi connectivity index (χ4v) is 4.86. The van der Waals surface area contributed by atoms with Gasteiger partial charge in [-0.1, -0.05) is 53.0 Å². The van der Waals surface area contributed by atoms with Crippen molar-refractivity contribution in [2.24, 2.45) is 0 Å². The molecule has 30 heavy (non-hydrogen) atoms. The molecule has 156 valence electrons. The SMILES string of the molecule is O=C(COc1ccccc1Cl)Nc1ccc(NS(=O)(=O)c2c(Cl)cccc2Cl)cc1. The van der Waals surface area contributed by atoms with Gasteiger partial charge in [0, 0.05) is 11.4 Å². The molecule has 0 saturated carbocycles. The largest absolute Gasteiger partial charge is 0.482 e. The number of ether oxygens (including phenoxy) is 1. The highest BCUT2D eigenvalue weighted by atomic mass is 35.5. The van der Waals surface area contributed by atoms with Crippen LogP contribution in [0.2, 0.25) is 15.1 Å². The Kier molecular flexibility index (Phi) is 7.10. The maximum absolute atomic E-state index is 12.6. The second-order valence-electron chi connectivity index (χ2n) is 6.00. The molecule has 0 atom stereocenters. The monoisotopic (exact) mass is 484 g/mol. The average molecular weight is 486 g/mol. The van der Waals surface area contributed by atoms with Crippen LogP contribution in [0.4, 0.5) is 11.4 Å². The van der Waals surface area contributed by atoms with Crippen molar-refractivity contribution >= 4 is 62.1 Å². The molecule has 10 heteroatoms. The topological polar surface area (TPSA) is 84.5 Å². The molecule has 3 aromatic carbocycles. The molecule has 2 N–H and O–H groups in total. The summed E-state index contributed by atoms with van der Waals surface area (Å²) in [6, 6.07) is 17.3. The van der Waals surface area contributed by atoms with Gasteiger partial charge in [0.15, 0.2) is 6.61 Å². The summed E-state index contributed by atoms with van der Waals surface area (Å²) in [7, 11) is -3.99. The summed E-state index contributed by atoms with van der Waals surface area (Å²) in [5.74, 6) is 0.00315. The van der Waals surface area contributed by atoms with Gasteiger partial charge in [0.2, 0.25) is 0 Å². The minimum atomic E-state index is -3.99. The summed E-state index contributed by atoms with van der Waals surface area (Å²) in [6.45, 7) is -0.233. The summed E-state index contributed by atoms with van der Waals surface area (Å²) in [6.07, 6.45) is 0. The van der Waals surface area contributed by atoms with E-state index in [0.717, 1.165) is 0 Å². The number of para-hydroxylation sites is 1. The zero-order chi connectivity index (χ0) is 21.7. The molecule has 6 nitrogen and oxygen atoms in total. The van der Waals surface area contributed by atoms with Crippen LogP contribution in [-0.2, 0) is 14.8 Å². The van der Waals surface area contributed by atoms with E-state index in [-0.39, 0.29) is 27.2 Å². The molecular weight excluding hydrogens is 471 g/mol. The van der Waals surface area contributed by atoms with E-state index in [1.807, 2.05) is 0 Å². The Morgan fingerprint density at radius 1 is 0.800 bits per heavy atom. The maximum atomic E-state index is 12.6. The lowest BCUT2D eigenvalue weighted by Crippen LogP contribution is -2.20. The van der Waals surface area contributed by atoms with E-state index in [1.54, 1.807) is 42.5 Å². The van der Waals surface area contributed by atoms with Gasteiger partial charge in [-0.05, 0) is 48.5 Å². The minimum Gasteiger partial charge on any atom is -0.482 e. The lowest BCUT2D eigenvalue weighted by atomic mass is 10.3. The maximum Gasteiger partial charge on any atom is 0.264 e. The number of halogens is 3. The number of amides is 1. The van der Waals surface area contributed by atoms with Crippen LogP contribution in [0.5, 0.6) is 5.75 Å². The third-order valence-electron chi connectivity index (χ3n) is 3.80. The van der Waals surface area contributed by atoms with E-state index < -0.39 is 15.9 Å². The molecule has 0 heterocycles. The number of nitrogens with one attached hydrogen (secondary N) is 2. The highest BCUT2D eigenvalue weighted by molar-refractivity contribution is 7.93. The fourth-order valence-electron chi connectivity index (χ4n) is 2.47. The first-order chi connectivity index (χ1) is 14.3. The van der Waals surface area contributed by atoms with Crippen molar-refractivity contribution in [3.63, 3.8) is 0 Å². The van der Waals surface area contributed by atoms with E-state index in [1.165, 1.54) is 24.3 Å². The van der Waals surface area contributed by atoms with Crippen LogP contribution in [0.3, 0.4) is 0 Å². The zero-order valence-electron chi connectivity index (χ0n) is 15.2. The highest BCUT2D eigenvalue weighted by Crippen LogP contribution is 2.30. The van der Waals surface area contributed by atoms with Gasteiger partial charge in [-0.3, -0.25) is 9.52 Å². The van der Waals surface area contributed by atoms with Gasteiger partial charge in [-0.2, -0.15) is 0 Å². The molecule has 0 aromatic heterocycles. The average Bonchev–Trinajstić information content (AvgIpc) is 2.68. The first-order valence-electron chi connectivity index (χ1n) is 8.50. The molecule has 0 radical (unpaired) electrons. The number of hydrogen-bond acceptors (Lipinski definition) is 4. The third-order valence-corrected chi connectivity index (χ3v) is 6.45. The molecule has 0 aliphatic carbocycles. The first kappa shape index (κ1) is 22.2. The van der Waals surface area contributed by atoms with Crippen molar-refractivity contribution in [1.82, 2.24) is 0 Å². The van der Waals surface area contributed by atoms with Crippen LogP contribution in [-0.4, -0.2) is 20.9 Å². The van der Waals surface area contributed by atoms with Crippen molar-refractivity contribution in [3.8, 4) is 5.75 Å². The van der Waals surface area contributed by atoms with Crippen LogP contribution in [0, 0.1) is 0 Å². The van der Waals surface area contributed by atoms with Gasteiger partial charge in [-0.15, -0.1) is 0 Å². The Hall–Kier alpha value is -2.45. The van der Waals surface area contributed by atoms with Crippen molar-refractivity contribution in [2.75, 3.05) is 16.6 Å². The van der Waals surface area contributed by atoms with Crippen LogP contribution < -0.4 is 14.8 Å². The van der Waals surface area contributed by atoms with Crippen LogP contribution in [0.15, 0.2) is 71.6 Å². The number of sulfonamides is 1. The van der Waals surface area contributed by atoms with Gasteiger partial charge in [0.1, 0.15) is 10.6 Å². The van der Waals surface area contributed by atoms with E-state index in [4.69, 9.17) is 39.5 Å². The second kappa shape index (κ2) is 9.57. The van der Waals surface area contributed by atoms with Crippen molar-refractivity contribution in [2.45, 2.75) is 4.90 Å². The molecule has 0 aliphatic rings. The normalized spacial score (nSPS) is 11.0. The van der Waals surface area contributed by atoms with Gasteiger partial charge >= 0.3 is 0 Å². The number of rotatable bonds is 7. The molecule has 0 bridgehead atoms. The van der Waals surface area contributed by atoms with Gasteiger partial charge < -0.3 is 10.1 Å². The van der Waals surface area contributed by atoms with Crippen molar-refractivity contribution in [3.05, 3.63) is 81.8 Å². The third kappa shape index (κ3) is 5.58. The second-order valence-corrected chi connectivity index (χ2v) is 8.84. The fraction of sp³-hybridized carbons (Fsp3) is 0.0500. The van der Waals surface area contributed by atoms with Crippen LogP contribution in [0.25, 0.3) is 0 Å². The Balaban J connectivity index is 1.62. The number of carbonyl (C=O) groups excluding carboxylic acids is 1. The van der Waals surface area contributed by atoms with Gasteiger partial charge in [0.05, 0.1) is 15.1 Å². The van der Waals surface area contributed by atoms with E-state index in [0.29, 0.717) is 16.5 Å². The van der Waals surface area contributed by atoms with Crippen molar-refractivity contribution < 1.29 is 17.9 Å². The lowest BCUT2D eigenvalue weighted by molar-refractivity contribution is -0.118. The quantitative estimate of drug-likeness (QED) is 0.465. The summed E-state index contributed by atoms with van der Waals surface area (Å²) >= 11 is 17.9. The summed E-state index contributed by atoms with van der Waals surface area (Å²) in [5.41, 5.74) is 0.734. The minimum absolute atomic E-state index is 0.0115. The highest BCUT2D eigenvalue weighted by Gasteiger charge is 2.21. The number of anilines is 2. The number of carbonyl (C=O) groups is 1. The van der Waals surface area contributed by atoms with E-state index >= 15 is 0 Å². The van der Waals surface area contributed by atoms with Crippen LogP contribution in [0.1, 0.15) is 0 Å². The molecule has 0 unspecified atom stereocenters. The Bertz CT molecular complexity index is 1150. The summed E-state index contributed by atoms with van der Waals surface area (Å²) in [5, 5.41) is 3.07. The standard InChI is InChI=1S/C20H15Cl3N2O4S/c21-15-4-1-2-7-18(15)29-12-19(26)24-13-8-10-14(11-9-13)25-30(27,28)20-16(22)5-3-6-17(20)23/h1-11,25H,12H2,(H,24,26). The molecule has 0 aliphatic heterocycles. The van der Waals surface area contributed by atoms with Crippen molar-refractivity contribution in [1.29, 1.82) is 0 Å². The van der Waals surface area contributed by atoms with Crippen LogP contribution >= 0.6 is 34.8 Å². The number of benzene rings is 3. The van der Waals surface area contributed by atoms with Gasteiger partial charge in [0.25, 0.3) is 15.9 Å². The Morgan fingerprint density at radius 2 is 1.37 bits per heavy atom. The smallest absolute Gasteiger partial charge is 0.264 e.